The molecule has 1 fully saturated rings. The Balaban J connectivity index is 1.64. The maximum Gasteiger partial charge on any atom is 0.237 e. The second-order valence-corrected chi connectivity index (χ2v) is 8.42. The molecule has 3 rings (SSSR count). The summed E-state index contributed by atoms with van der Waals surface area (Å²) >= 11 is 1.59. The standard InChI is InChI=1S/C22H29N3OS/c1-4-24-13-15-25(16-14-24)21-8-6-5-7-20(21)23-22(26)18(3)27-19-11-9-17(2)10-12-19/h5-12,18H,4,13-16H2,1-3H3,(H,23,26)/t18-/m0/s1. The number of aryl methyl sites for hydroxylation is 1. The van der Waals surface area contributed by atoms with Crippen LogP contribution in [0.2, 0.25) is 0 Å². The van der Waals surface area contributed by atoms with E-state index in [1.54, 1.807) is 11.8 Å². The monoisotopic (exact) mass is 383 g/mol. The number of carbonyl (C=O) groups is 1. The first-order valence-corrected chi connectivity index (χ1v) is 10.6. The number of benzene rings is 2. The molecular formula is C22H29N3OS. The zero-order valence-electron chi connectivity index (χ0n) is 16.4. The van der Waals surface area contributed by atoms with Crippen LogP contribution < -0.4 is 10.2 Å². The third-order valence-electron chi connectivity index (χ3n) is 5.03. The third kappa shape index (κ3) is 5.27. The third-order valence-corrected chi connectivity index (χ3v) is 6.14. The van der Waals surface area contributed by atoms with E-state index in [0.29, 0.717) is 0 Å². The molecule has 2 aromatic rings. The lowest BCUT2D eigenvalue weighted by atomic mass is 10.2. The summed E-state index contributed by atoms with van der Waals surface area (Å²) in [5, 5.41) is 2.99. The highest BCUT2D eigenvalue weighted by Gasteiger charge is 2.20. The lowest BCUT2D eigenvalue weighted by Crippen LogP contribution is -2.46. The minimum absolute atomic E-state index is 0.0419. The molecule has 0 aromatic heterocycles. The van der Waals surface area contributed by atoms with E-state index in [2.05, 4.69) is 59.3 Å². The lowest BCUT2D eigenvalue weighted by molar-refractivity contribution is -0.115. The van der Waals surface area contributed by atoms with Crippen LogP contribution in [-0.2, 0) is 4.79 Å². The van der Waals surface area contributed by atoms with Gasteiger partial charge in [-0.25, -0.2) is 0 Å². The van der Waals surface area contributed by atoms with Crippen molar-refractivity contribution >= 4 is 29.0 Å². The zero-order valence-corrected chi connectivity index (χ0v) is 17.3. The summed E-state index contributed by atoms with van der Waals surface area (Å²) in [6.07, 6.45) is 0. The number of likely N-dealkylation sites (N-methyl/N-ethyl adjacent to an activating group) is 1. The van der Waals surface area contributed by atoms with Crippen LogP contribution in [0.1, 0.15) is 19.4 Å². The molecule has 1 atom stereocenters. The molecular weight excluding hydrogens is 354 g/mol. The topological polar surface area (TPSA) is 35.6 Å². The molecule has 1 aliphatic rings. The van der Waals surface area contributed by atoms with Gasteiger partial charge in [0.1, 0.15) is 0 Å². The average molecular weight is 384 g/mol. The lowest BCUT2D eigenvalue weighted by Gasteiger charge is -2.36. The van der Waals surface area contributed by atoms with Crippen molar-refractivity contribution in [2.75, 3.05) is 42.9 Å². The minimum Gasteiger partial charge on any atom is -0.367 e. The van der Waals surface area contributed by atoms with E-state index in [0.717, 1.165) is 49.0 Å². The normalized spacial score (nSPS) is 16.2. The van der Waals surface area contributed by atoms with Gasteiger partial charge in [-0.1, -0.05) is 36.8 Å². The van der Waals surface area contributed by atoms with Crippen molar-refractivity contribution in [3.8, 4) is 0 Å². The van der Waals surface area contributed by atoms with Gasteiger partial charge >= 0.3 is 0 Å². The van der Waals surface area contributed by atoms with Gasteiger partial charge in [0.05, 0.1) is 16.6 Å². The van der Waals surface area contributed by atoms with E-state index in [1.807, 2.05) is 25.1 Å². The van der Waals surface area contributed by atoms with Crippen LogP contribution in [0.5, 0.6) is 0 Å². The van der Waals surface area contributed by atoms with Crippen LogP contribution in [0.3, 0.4) is 0 Å². The molecule has 27 heavy (non-hydrogen) atoms. The van der Waals surface area contributed by atoms with Crippen LogP contribution in [0.4, 0.5) is 11.4 Å². The van der Waals surface area contributed by atoms with Crippen molar-refractivity contribution in [2.45, 2.75) is 30.9 Å². The molecule has 1 N–H and O–H groups in total. The maximum absolute atomic E-state index is 12.8. The van der Waals surface area contributed by atoms with E-state index in [-0.39, 0.29) is 11.2 Å². The van der Waals surface area contributed by atoms with Crippen molar-refractivity contribution in [1.82, 2.24) is 4.90 Å². The maximum atomic E-state index is 12.8. The van der Waals surface area contributed by atoms with Gasteiger partial charge in [-0.15, -0.1) is 11.8 Å². The fraction of sp³-hybridized carbons (Fsp3) is 0.409. The number of hydrogen-bond acceptors (Lipinski definition) is 4. The van der Waals surface area contributed by atoms with Crippen LogP contribution >= 0.6 is 11.8 Å². The number of amides is 1. The SMILES string of the molecule is CCN1CCN(c2ccccc2NC(=O)[C@H](C)Sc2ccc(C)cc2)CC1. The van der Waals surface area contributed by atoms with Gasteiger partial charge in [0.2, 0.25) is 5.91 Å². The number of piperazine rings is 1. The summed E-state index contributed by atoms with van der Waals surface area (Å²) in [5.74, 6) is 0.0419. The Hall–Kier alpha value is -1.98. The van der Waals surface area contributed by atoms with Crippen molar-refractivity contribution in [2.24, 2.45) is 0 Å². The fourth-order valence-corrected chi connectivity index (χ4v) is 4.14. The first kappa shape index (κ1) is 19.8. The van der Waals surface area contributed by atoms with Crippen molar-refractivity contribution in [3.05, 3.63) is 54.1 Å². The number of thioether (sulfide) groups is 1. The number of nitrogens with zero attached hydrogens (tertiary/aromatic N) is 2. The van der Waals surface area contributed by atoms with Gasteiger partial charge in [0.25, 0.3) is 0 Å². The Morgan fingerprint density at radius 2 is 1.74 bits per heavy atom. The number of rotatable bonds is 6. The van der Waals surface area contributed by atoms with Crippen molar-refractivity contribution in [3.63, 3.8) is 0 Å². The van der Waals surface area contributed by atoms with Crippen LogP contribution in [0, 0.1) is 6.92 Å². The molecule has 0 unspecified atom stereocenters. The highest BCUT2D eigenvalue weighted by molar-refractivity contribution is 8.00. The first-order valence-electron chi connectivity index (χ1n) is 9.67. The number of para-hydroxylation sites is 2. The fourth-order valence-electron chi connectivity index (χ4n) is 3.27. The molecule has 5 heteroatoms. The Bertz CT molecular complexity index is 754. The Morgan fingerprint density at radius 3 is 2.41 bits per heavy atom. The summed E-state index contributed by atoms with van der Waals surface area (Å²) in [6.45, 7) is 11.5. The smallest absolute Gasteiger partial charge is 0.237 e. The summed E-state index contributed by atoms with van der Waals surface area (Å²) in [5.41, 5.74) is 3.26. The molecule has 1 amide bonds. The van der Waals surface area contributed by atoms with Crippen LogP contribution in [0.25, 0.3) is 0 Å². The van der Waals surface area contributed by atoms with Crippen molar-refractivity contribution in [1.29, 1.82) is 0 Å². The van der Waals surface area contributed by atoms with Gasteiger partial charge in [-0.3, -0.25) is 4.79 Å². The Labute approximate surface area is 166 Å². The van der Waals surface area contributed by atoms with E-state index < -0.39 is 0 Å². The second kappa shape index (κ2) is 9.29. The second-order valence-electron chi connectivity index (χ2n) is 7.00. The first-order chi connectivity index (χ1) is 13.1. The molecule has 4 nitrogen and oxygen atoms in total. The largest absolute Gasteiger partial charge is 0.367 e. The molecule has 0 spiro atoms. The molecule has 1 saturated heterocycles. The molecule has 0 saturated carbocycles. The Kier molecular flexibility index (Phi) is 6.80. The van der Waals surface area contributed by atoms with Gasteiger partial charge in [0, 0.05) is 31.1 Å². The van der Waals surface area contributed by atoms with Gasteiger partial charge in [-0.05, 0) is 44.7 Å². The van der Waals surface area contributed by atoms with E-state index in [9.17, 15) is 4.79 Å². The predicted octanol–water partition coefficient (Wildman–Crippen LogP) is 4.26. The highest BCUT2D eigenvalue weighted by Crippen LogP contribution is 2.29. The molecule has 1 heterocycles. The molecule has 0 radical (unpaired) electrons. The average Bonchev–Trinajstić information content (AvgIpc) is 2.70. The van der Waals surface area contributed by atoms with Crippen molar-refractivity contribution < 1.29 is 4.79 Å². The number of anilines is 2. The Morgan fingerprint density at radius 1 is 1.07 bits per heavy atom. The minimum atomic E-state index is -0.155. The summed E-state index contributed by atoms with van der Waals surface area (Å²) in [4.78, 5) is 18.7. The summed E-state index contributed by atoms with van der Waals surface area (Å²) in [6, 6.07) is 16.4. The van der Waals surface area contributed by atoms with Crippen LogP contribution in [0.15, 0.2) is 53.4 Å². The van der Waals surface area contributed by atoms with E-state index in [1.165, 1.54) is 5.56 Å². The van der Waals surface area contributed by atoms with E-state index >= 15 is 0 Å². The number of carbonyl (C=O) groups excluding carboxylic acids is 1. The predicted molar refractivity (Wildman–Crippen MR) is 116 cm³/mol. The quantitative estimate of drug-likeness (QED) is 0.756. The molecule has 0 aliphatic carbocycles. The van der Waals surface area contributed by atoms with Crippen LogP contribution in [-0.4, -0.2) is 48.8 Å². The molecule has 2 aromatic carbocycles. The summed E-state index contributed by atoms with van der Waals surface area (Å²) < 4.78 is 0. The van der Waals surface area contributed by atoms with Gasteiger partial charge < -0.3 is 15.1 Å². The molecule has 0 bridgehead atoms. The summed E-state index contributed by atoms with van der Waals surface area (Å²) in [7, 11) is 0. The zero-order chi connectivity index (χ0) is 19.2. The molecule has 144 valence electrons. The van der Waals surface area contributed by atoms with E-state index in [4.69, 9.17) is 0 Å². The molecule has 1 aliphatic heterocycles. The number of hydrogen-bond donors (Lipinski definition) is 1. The van der Waals surface area contributed by atoms with Gasteiger partial charge in [0.15, 0.2) is 0 Å². The highest BCUT2D eigenvalue weighted by atomic mass is 32.2. The number of nitrogens with one attached hydrogen (secondary N) is 1. The van der Waals surface area contributed by atoms with Gasteiger partial charge in [-0.2, -0.15) is 0 Å².